The number of carbonyl (C=O) groups excluding carboxylic acids is 3. The summed E-state index contributed by atoms with van der Waals surface area (Å²) in [5.41, 5.74) is 5.03. The Hall–Kier alpha value is -15.6. The number of hydrogen-bond acceptors (Lipinski definition) is 37. The number of ether oxygens (including phenoxy) is 3. The molecular weight excluding hydrogens is 2010 g/mol. The van der Waals surface area contributed by atoms with Gasteiger partial charge in [-0.15, -0.1) is 20.2 Å². The summed E-state index contributed by atoms with van der Waals surface area (Å²) in [4.78, 5) is 178. The molecule has 0 saturated heterocycles. The first kappa shape index (κ1) is 131. The molecule has 0 unspecified atom stereocenters. The van der Waals surface area contributed by atoms with Crippen molar-refractivity contribution in [1.82, 2.24) is 9.88 Å². The van der Waals surface area contributed by atoms with E-state index < -0.39 is 182 Å². The van der Waals surface area contributed by atoms with Crippen molar-refractivity contribution in [1.29, 1.82) is 0 Å². The summed E-state index contributed by atoms with van der Waals surface area (Å²) in [6, 6.07) is 24.2. The van der Waals surface area contributed by atoms with E-state index in [2.05, 4.69) is 4.98 Å². The average molecular weight is 2100 g/mol. The third-order valence-electron chi connectivity index (χ3n) is 14.2. The van der Waals surface area contributed by atoms with E-state index in [0.29, 0.717) is 29.0 Å². The Bertz CT molecular complexity index is 5460. The molecule has 8 aromatic rings. The second-order valence-electron chi connectivity index (χ2n) is 23.4. The summed E-state index contributed by atoms with van der Waals surface area (Å²) in [6.07, 6.45) is 4.62. The number of aromatic amines is 1. The molecule has 0 aliphatic heterocycles. The van der Waals surface area contributed by atoms with Gasteiger partial charge in [-0.1, -0.05) is 51.3 Å². The number of nitro groups is 8. The van der Waals surface area contributed by atoms with Crippen molar-refractivity contribution in [3.63, 3.8) is 0 Å². The van der Waals surface area contributed by atoms with Gasteiger partial charge in [0.05, 0.1) is 128 Å². The number of benzene rings is 7. The summed E-state index contributed by atoms with van der Waals surface area (Å²) in [7, 11) is 3.92. The summed E-state index contributed by atoms with van der Waals surface area (Å²) in [6.45, 7) is 16.5. The zero-order valence-corrected chi connectivity index (χ0v) is 75.8. The summed E-state index contributed by atoms with van der Waals surface area (Å²) >= 11 is -0.826. The maximum atomic E-state index is 11.9. The van der Waals surface area contributed by atoms with E-state index in [4.69, 9.17) is 129 Å². The van der Waals surface area contributed by atoms with E-state index >= 15 is 0 Å². The second kappa shape index (κ2) is 65.9. The number of aromatic carboxylic acids is 4. The number of hydrogen-bond donors (Lipinski definition) is 13. The number of fused-ring (bicyclic) bond motifs is 1. The number of anilines is 1. The van der Waals surface area contributed by atoms with Crippen LogP contribution in [0.2, 0.25) is 0 Å². The molecule has 63 heteroatoms. The maximum absolute atomic E-state index is 11.9. The fourth-order valence-electron chi connectivity index (χ4n) is 8.88. The first-order valence-electron chi connectivity index (χ1n) is 34.4. The Morgan fingerprint density at radius 3 is 0.940 bits per heavy atom. The molecule has 0 spiro atoms. The van der Waals surface area contributed by atoms with E-state index in [9.17, 15) is 114 Å². The number of nitrogens with two attached hydrogens (primary N) is 1. The molecule has 1 aromatic heterocycles. The third kappa shape index (κ3) is 53.4. The molecule has 134 heavy (non-hydrogen) atoms. The first-order chi connectivity index (χ1) is 60.7. The quantitative estimate of drug-likeness (QED) is 0.00641. The van der Waals surface area contributed by atoms with Gasteiger partial charge in [0.15, 0.2) is 0 Å². The fraction of sp³-hybridized carbons (Fsp3) is 0.254. The van der Waals surface area contributed by atoms with Crippen molar-refractivity contribution in [2.24, 2.45) is 0 Å². The number of aryl methyl sites for hydroxylation is 2. The Morgan fingerprint density at radius 1 is 0.433 bits per heavy atom. The van der Waals surface area contributed by atoms with Crippen LogP contribution in [0, 0.1) is 143 Å². The van der Waals surface area contributed by atoms with Crippen molar-refractivity contribution in [3.05, 3.63) is 301 Å². The number of nitrogen functional groups attached to an aromatic ring is 1. The fourth-order valence-corrected chi connectivity index (χ4v) is 8.88. The van der Waals surface area contributed by atoms with Crippen LogP contribution in [0.1, 0.15) is 154 Å². The van der Waals surface area contributed by atoms with Crippen LogP contribution >= 0.6 is 17.8 Å². The number of carboxylic acids is 4. The molecule has 58 nitrogen and oxygen atoms in total. The van der Waals surface area contributed by atoms with Gasteiger partial charge in [0.2, 0.25) is 0 Å². The Balaban J connectivity index is -0.000000271. The van der Waals surface area contributed by atoms with E-state index in [1.807, 2.05) is 31.2 Å². The molecule has 0 aliphatic carbocycles. The normalized spacial score (nSPS) is 9.54. The number of aromatic nitrogens is 1. The molecule has 7 aromatic carbocycles. The third-order valence-corrected chi connectivity index (χ3v) is 14.2. The molecule has 8 rings (SSSR count). The average Bonchev–Trinajstić information content (AvgIpc) is 1.55. The number of rotatable bonds is 20. The van der Waals surface area contributed by atoms with Crippen molar-refractivity contribution in [3.8, 4) is 0 Å². The van der Waals surface area contributed by atoms with Gasteiger partial charge in [-0.3, -0.25) is 99.1 Å². The van der Waals surface area contributed by atoms with Crippen molar-refractivity contribution >= 4 is 167 Å². The molecular formula is C71H87Cl2N13O45S2Sn. The Kier molecular flexibility index (Phi) is 64.6. The van der Waals surface area contributed by atoms with Gasteiger partial charge in [-0.2, -0.15) is 16.8 Å². The standard InChI is InChI=1S/C13H15N3O6.C12H14N2O2.C10H10N2O6.2C8H6N2O6.2C8H8O2.C2H6O.2CH4.2ClH.2HNO3.2H2O4S.Sn/c1-4-22-13(17)11-7-9(15(18)19)8-12(16(20)21)10(11)5-6-14(2)3;1-3-16-12(15)11-7(2)9(13)6-10-8(11)4-5-14-10;1-3-18-10(13)8-4-7(11(14)15)5-9(6(8)2)12(16)17;2*1-4-6(8(11)12)2-5(9(13)14)3-7(4)10(15)16;2*1-6-4-2-3-5-7(6)8(9)10;1-2-3;;;;;2*2-1(3)4;2*1-5(2,3)4;/h5-8H,4H2,1-3H3;4-6,14H,3,13H2,1-2H3;4-5H,3H2,1-2H3;2*2-3H,1H3,(H,11,12);2*2-5H,1H3,(H,9,10);3H,2H2,1H3;2*1H4;2*1H;2*(H,2,3,4);2*(H2,1,2,3,4);/q;;;;;;;;;;;;;;;;+2/p-2/b6-5+;;;;;;;;;;;;;;;;. The number of nitro benzene ring substituents is 8. The monoisotopic (exact) mass is 2100 g/mol. The van der Waals surface area contributed by atoms with Gasteiger partial charge in [-0.25, -0.2) is 33.6 Å². The van der Waals surface area contributed by atoms with Gasteiger partial charge in [0.1, 0.15) is 0 Å². The van der Waals surface area contributed by atoms with Crippen molar-refractivity contribution < 1.29 is 168 Å². The number of aliphatic hydroxyl groups is 1. The molecule has 0 atom stereocenters. The van der Waals surface area contributed by atoms with Crippen LogP contribution in [0.25, 0.3) is 17.0 Å². The number of carbonyl (C=O) groups is 7. The number of aliphatic hydroxyl groups excluding tert-OH is 1. The number of nitrogens with zero attached hydrogens (tertiary/aromatic N) is 11. The van der Waals surface area contributed by atoms with Crippen LogP contribution in [0.4, 0.5) is 51.2 Å². The van der Waals surface area contributed by atoms with E-state index in [-0.39, 0.29) is 74.0 Å². The molecule has 0 amide bonds. The Morgan fingerprint density at radius 2 is 0.687 bits per heavy atom. The van der Waals surface area contributed by atoms with E-state index in [1.165, 1.54) is 33.0 Å². The van der Waals surface area contributed by atoms with Gasteiger partial charge < -0.3 is 65.8 Å². The topological polar surface area (TPSA) is 914 Å². The number of non-ortho nitro benzene ring substituents is 4. The van der Waals surface area contributed by atoms with Crippen LogP contribution in [-0.4, -0.2) is 232 Å². The predicted molar refractivity (Wildman–Crippen MR) is 471 cm³/mol. The molecule has 0 bridgehead atoms. The van der Waals surface area contributed by atoms with Gasteiger partial charge in [0.25, 0.3) is 55.7 Å². The number of carboxylic acid groups (broad SMARTS) is 4. The predicted octanol–water partition coefficient (Wildman–Crippen LogP) is 13.1. The Labute approximate surface area is 772 Å². The molecule has 2 radical (unpaired) electrons. The van der Waals surface area contributed by atoms with E-state index in [1.54, 1.807) is 103 Å². The molecule has 1 heterocycles. The van der Waals surface area contributed by atoms with Crippen LogP contribution in [0.3, 0.4) is 0 Å². The summed E-state index contributed by atoms with van der Waals surface area (Å²) < 4.78 is 77.7. The van der Waals surface area contributed by atoms with Gasteiger partial charge in [-0.05, 0) is 122 Å². The molecule has 0 saturated carbocycles. The molecule has 14 N–H and O–H groups in total. The summed E-state index contributed by atoms with van der Waals surface area (Å²) in [5.74, 6) is -6.60. The minimum absolute atomic E-state index is 0. The van der Waals surface area contributed by atoms with Crippen LogP contribution in [0.5, 0.6) is 0 Å². The number of nitrogens with one attached hydrogen (secondary N) is 1. The van der Waals surface area contributed by atoms with Gasteiger partial charge in [0, 0.05) is 84.4 Å². The van der Waals surface area contributed by atoms with Crippen molar-refractivity contribution in [2.45, 2.75) is 84.1 Å². The zero-order valence-electron chi connectivity index (χ0n) is 69.8. The van der Waals surface area contributed by atoms with Crippen molar-refractivity contribution in [2.75, 3.05) is 46.3 Å². The van der Waals surface area contributed by atoms with Crippen LogP contribution < -0.4 is 5.73 Å². The number of esters is 3. The summed E-state index contributed by atoms with van der Waals surface area (Å²) in [5, 5.41) is 156. The molecule has 736 valence electrons. The minimum atomic E-state index is -4.67. The van der Waals surface area contributed by atoms with Gasteiger partial charge >= 0.3 is 99.3 Å². The number of H-pyrrole nitrogens is 1. The zero-order chi connectivity index (χ0) is 104. The number of halogens is 2. The van der Waals surface area contributed by atoms with Crippen LogP contribution in [-0.2, 0) is 35.0 Å². The molecule has 0 aliphatic rings. The second-order valence-corrected chi connectivity index (χ2v) is 29.4. The SMILES string of the molecule is C.C.CCO.CCOC(=O)c1c(C)c(N)cc2[nH]ccc12.CCOC(=O)c1cc([N+](=O)[O-])cc([N+](=O)[O-])c1/C=C/N(C)C.CCOC(=O)c1cc([N+](=O)[O-])cc([N+](=O)[O-])c1C.Cc1c(C(=O)O)cc([N+](=O)[O-])cc1[N+](=O)[O-].Cc1c(C(=O)O)cc([N+](=O)[O-])cc1[N+](=O)[O-].Cc1ccccc1C(=O)O.Cc1ccccc1C(=O)O.O=S(=O)(O)O.O=S(=O)(O)O.O=[N+]([O-])O.O=[N+]([O-])O.[Cl][Sn][Cl]. The van der Waals surface area contributed by atoms with E-state index in [0.717, 1.165) is 76.1 Å². The van der Waals surface area contributed by atoms with Crippen LogP contribution in [0.15, 0.2) is 122 Å². The molecule has 0 fully saturated rings. The first-order valence-corrected chi connectivity index (χ1v) is 44.4.